The van der Waals surface area contributed by atoms with Crippen molar-refractivity contribution in [1.82, 2.24) is 0 Å². The summed E-state index contributed by atoms with van der Waals surface area (Å²) >= 11 is 0. The van der Waals surface area contributed by atoms with Crippen LogP contribution in [0.2, 0.25) is 0 Å². The summed E-state index contributed by atoms with van der Waals surface area (Å²) in [5, 5.41) is 8.82. The number of rotatable bonds is 9. The van der Waals surface area contributed by atoms with E-state index in [2.05, 4.69) is 11.4 Å². The molecule has 0 radical (unpaired) electrons. The fourth-order valence-corrected chi connectivity index (χ4v) is 1.30. The minimum absolute atomic E-state index is 0.299. The van der Waals surface area contributed by atoms with Crippen molar-refractivity contribution in [3.63, 3.8) is 0 Å². The standard InChI is InChI=1S/C8H19O6P/c1-2-3-4-5-13-8(6-9)7-14-15(10,11)12/h8-9H,2-7H2,1H3,(H2,10,11,12). The van der Waals surface area contributed by atoms with Crippen molar-refractivity contribution in [2.75, 3.05) is 19.8 Å². The molecule has 0 heterocycles. The first-order chi connectivity index (χ1) is 6.99. The van der Waals surface area contributed by atoms with E-state index in [9.17, 15) is 4.57 Å². The topological polar surface area (TPSA) is 96.2 Å². The third-order valence-corrected chi connectivity index (χ3v) is 2.22. The first-order valence-electron chi connectivity index (χ1n) is 4.92. The molecule has 0 rings (SSSR count). The zero-order valence-electron chi connectivity index (χ0n) is 8.83. The Labute approximate surface area is 89.5 Å². The highest BCUT2D eigenvalue weighted by atomic mass is 31.2. The maximum Gasteiger partial charge on any atom is 0.469 e. The van der Waals surface area contributed by atoms with Crippen molar-refractivity contribution in [1.29, 1.82) is 0 Å². The third-order valence-electron chi connectivity index (χ3n) is 1.73. The van der Waals surface area contributed by atoms with Crippen LogP contribution in [-0.2, 0) is 13.8 Å². The molecule has 0 aromatic carbocycles. The Morgan fingerprint density at radius 2 is 2.00 bits per heavy atom. The van der Waals surface area contributed by atoms with E-state index in [1.54, 1.807) is 0 Å². The highest BCUT2D eigenvalue weighted by Gasteiger charge is 2.17. The molecule has 0 spiro atoms. The zero-order valence-corrected chi connectivity index (χ0v) is 9.73. The van der Waals surface area contributed by atoms with E-state index in [-0.39, 0.29) is 13.2 Å². The maximum atomic E-state index is 10.4. The molecule has 0 aromatic rings. The van der Waals surface area contributed by atoms with Gasteiger partial charge in [0.25, 0.3) is 0 Å². The van der Waals surface area contributed by atoms with Crippen molar-refractivity contribution >= 4 is 7.82 Å². The first kappa shape index (κ1) is 15.0. The monoisotopic (exact) mass is 242 g/mol. The lowest BCUT2D eigenvalue weighted by Gasteiger charge is -2.15. The molecule has 1 atom stereocenters. The molecule has 0 saturated carbocycles. The van der Waals surface area contributed by atoms with Gasteiger partial charge in [0.05, 0.1) is 13.2 Å². The van der Waals surface area contributed by atoms with E-state index < -0.39 is 13.9 Å². The summed E-state index contributed by atoms with van der Waals surface area (Å²) in [6.07, 6.45) is 2.28. The van der Waals surface area contributed by atoms with Gasteiger partial charge in [0.15, 0.2) is 0 Å². The molecular weight excluding hydrogens is 223 g/mol. The van der Waals surface area contributed by atoms with Gasteiger partial charge in [-0.3, -0.25) is 4.52 Å². The number of hydrogen-bond donors (Lipinski definition) is 3. The lowest BCUT2D eigenvalue weighted by atomic mass is 10.3. The minimum Gasteiger partial charge on any atom is -0.394 e. The summed E-state index contributed by atoms with van der Waals surface area (Å²) in [4.78, 5) is 16.8. The highest BCUT2D eigenvalue weighted by Crippen LogP contribution is 2.35. The quantitative estimate of drug-likeness (QED) is 0.406. The van der Waals surface area contributed by atoms with E-state index in [0.717, 1.165) is 19.3 Å². The molecule has 0 aromatic heterocycles. The average Bonchev–Trinajstić information content (AvgIpc) is 2.15. The van der Waals surface area contributed by atoms with Gasteiger partial charge < -0.3 is 19.6 Å². The summed E-state index contributed by atoms with van der Waals surface area (Å²) in [6.45, 7) is 1.91. The fraction of sp³-hybridized carbons (Fsp3) is 1.00. The molecule has 0 aliphatic rings. The lowest BCUT2D eigenvalue weighted by molar-refractivity contribution is -0.0204. The van der Waals surface area contributed by atoms with Gasteiger partial charge in [0, 0.05) is 6.61 Å². The Kier molecular flexibility index (Phi) is 8.23. The maximum absolute atomic E-state index is 10.4. The minimum atomic E-state index is -4.47. The largest absolute Gasteiger partial charge is 0.469 e. The normalized spacial score (nSPS) is 14.1. The van der Waals surface area contributed by atoms with Crippen LogP contribution >= 0.6 is 7.82 Å². The number of aliphatic hydroxyl groups excluding tert-OH is 1. The Balaban J connectivity index is 3.59. The van der Waals surface area contributed by atoms with Crippen molar-refractivity contribution in [2.24, 2.45) is 0 Å². The SMILES string of the molecule is CCCCCOC(CO)COP(=O)(O)O. The molecule has 0 amide bonds. The fourth-order valence-electron chi connectivity index (χ4n) is 0.936. The van der Waals surface area contributed by atoms with E-state index in [1.165, 1.54) is 0 Å². The van der Waals surface area contributed by atoms with Gasteiger partial charge in [-0.2, -0.15) is 0 Å². The van der Waals surface area contributed by atoms with Gasteiger partial charge in [-0.1, -0.05) is 19.8 Å². The van der Waals surface area contributed by atoms with Crippen LogP contribution in [0.15, 0.2) is 0 Å². The molecule has 0 fully saturated rings. The Hall–Kier alpha value is 0.0300. The number of hydrogen-bond acceptors (Lipinski definition) is 4. The summed E-state index contributed by atoms with van der Waals surface area (Å²) in [5.74, 6) is 0. The Bertz CT molecular complexity index is 192. The number of phosphoric ester groups is 1. The van der Waals surface area contributed by atoms with Gasteiger partial charge >= 0.3 is 7.82 Å². The Morgan fingerprint density at radius 3 is 2.47 bits per heavy atom. The average molecular weight is 242 g/mol. The van der Waals surface area contributed by atoms with Crippen molar-refractivity contribution in [3.05, 3.63) is 0 Å². The number of aliphatic hydroxyl groups is 1. The molecule has 0 bridgehead atoms. The summed E-state index contributed by atoms with van der Waals surface area (Å²) in [5.41, 5.74) is 0. The van der Waals surface area contributed by atoms with Crippen molar-refractivity contribution in [2.45, 2.75) is 32.3 Å². The van der Waals surface area contributed by atoms with Crippen molar-refractivity contribution in [3.8, 4) is 0 Å². The number of ether oxygens (including phenoxy) is 1. The van der Waals surface area contributed by atoms with E-state index in [0.29, 0.717) is 6.61 Å². The van der Waals surface area contributed by atoms with E-state index in [1.807, 2.05) is 0 Å². The molecule has 92 valence electrons. The van der Waals surface area contributed by atoms with Crippen LogP contribution in [-0.4, -0.2) is 40.8 Å². The molecule has 6 nitrogen and oxygen atoms in total. The predicted molar refractivity (Wildman–Crippen MR) is 54.3 cm³/mol. The third kappa shape index (κ3) is 10.3. The molecule has 15 heavy (non-hydrogen) atoms. The van der Waals surface area contributed by atoms with Gasteiger partial charge in [0.1, 0.15) is 6.10 Å². The zero-order chi connectivity index (χ0) is 11.7. The van der Waals surface area contributed by atoms with Gasteiger partial charge in [-0.05, 0) is 6.42 Å². The lowest BCUT2D eigenvalue weighted by Crippen LogP contribution is -2.24. The molecule has 3 N–H and O–H groups in total. The molecule has 0 saturated heterocycles. The van der Waals surface area contributed by atoms with Crippen LogP contribution in [0.3, 0.4) is 0 Å². The van der Waals surface area contributed by atoms with E-state index in [4.69, 9.17) is 19.6 Å². The van der Waals surface area contributed by atoms with Gasteiger partial charge in [-0.25, -0.2) is 4.57 Å². The second-order valence-electron chi connectivity index (χ2n) is 3.17. The van der Waals surface area contributed by atoms with Crippen LogP contribution in [0.5, 0.6) is 0 Å². The smallest absolute Gasteiger partial charge is 0.394 e. The molecule has 7 heteroatoms. The summed E-state index contributed by atoms with van der Waals surface area (Å²) in [6, 6.07) is 0. The summed E-state index contributed by atoms with van der Waals surface area (Å²) < 4.78 is 19.8. The van der Waals surface area contributed by atoms with Gasteiger partial charge in [0.2, 0.25) is 0 Å². The second-order valence-corrected chi connectivity index (χ2v) is 4.41. The first-order valence-corrected chi connectivity index (χ1v) is 6.45. The van der Waals surface area contributed by atoms with Crippen LogP contribution in [0.4, 0.5) is 0 Å². The highest BCUT2D eigenvalue weighted by molar-refractivity contribution is 7.46. The summed E-state index contributed by atoms with van der Waals surface area (Å²) in [7, 11) is -4.47. The van der Waals surface area contributed by atoms with Crippen LogP contribution in [0, 0.1) is 0 Å². The second kappa shape index (κ2) is 8.21. The van der Waals surface area contributed by atoms with Crippen LogP contribution in [0.25, 0.3) is 0 Å². The molecule has 1 unspecified atom stereocenters. The van der Waals surface area contributed by atoms with Crippen LogP contribution in [0.1, 0.15) is 26.2 Å². The number of unbranched alkanes of at least 4 members (excludes halogenated alkanes) is 2. The van der Waals surface area contributed by atoms with Gasteiger partial charge in [-0.15, -0.1) is 0 Å². The molecular formula is C8H19O6P. The number of phosphoric acid groups is 1. The van der Waals surface area contributed by atoms with E-state index >= 15 is 0 Å². The van der Waals surface area contributed by atoms with Crippen molar-refractivity contribution < 1.29 is 28.7 Å². The Morgan fingerprint density at radius 1 is 1.33 bits per heavy atom. The molecule has 0 aliphatic carbocycles. The molecule has 0 aliphatic heterocycles. The predicted octanol–water partition coefficient (Wildman–Crippen LogP) is 0.663. The van der Waals surface area contributed by atoms with Crippen LogP contribution < -0.4 is 0 Å².